The molecule has 7 atom stereocenters. The number of nitro benzene ring substituents is 2. The second-order valence-electron chi connectivity index (χ2n) is 25.5. The summed E-state index contributed by atoms with van der Waals surface area (Å²) in [5, 5.41) is 71.1. The van der Waals surface area contributed by atoms with Crippen molar-refractivity contribution in [3.05, 3.63) is 323 Å². The summed E-state index contributed by atoms with van der Waals surface area (Å²) in [5.74, 6) is -1.64. The number of hydrogen-bond donors (Lipinski definition) is 7. The highest BCUT2D eigenvalue weighted by molar-refractivity contribution is 8.00. The van der Waals surface area contributed by atoms with Crippen molar-refractivity contribution < 1.29 is 63.5 Å². The third-order valence-corrected chi connectivity index (χ3v) is 21.4. The summed E-state index contributed by atoms with van der Waals surface area (Å²) in [5.41, 5.74) is 6.87. The number of benzene rings is 7. The van der Waals surface area contributed by atoms with Gasteiger partial charge in [0.15, 0.2) is 12.2 Å². The molecule has 13 rings (SSSR count). The van der Waals surface area contributed by atoms with Gasteiger partial charge in [0.2, 0.25) is 0 Å². The van der Waals surface area contributed by atoms with Gasteiger partial charge in [-0.3, -0.25) is 35.2 Å². The van der Waals surface area contributed by atoms with E-state index in [1.807, 2.05) is 146 Å². The van der Waals surface area contributed by atoms with E-state index in [9.17, 15) is 40.0 Å². The summed E-state index contributed by atoms with van der Waals surface area (Å²) < 4.78 is 29.2. The van der Waals surface area contributed by atoms with Crippen molar-refractivity contribution in [3.8, 4) is 11.5 Å². The highest BCUT2D eigenvalue weighted by atomic mass is 35.5. The number of nitrogens with one attached hydrogen (secondary N) is 3. The molecule has 0 bridgehead atoms. The maximum atomic E-state index is 11.2. The van der Waals surface area contributed by atoms with Crippen LogP contribution >= 0.6 is 58.3 Å². The zero-order valence-electron chi connectivity index (χ0n) is 60.8. The zero-order valence-corrected chi connectivity index (χ0v) is 64.7. The SMILES string of the molecule is COc1ccc([C@@H](Sc2ccccc2[N+](=O)[O-])[C@H](O)C(=O)O)cc1.COc1ccc([C@@H](Sc2ccccc2[N+](=O)[O-])[C@H](O)C(=O)O)cc1.Clc1ccc(C(OC2CCNCC2)c2ccccn2)cc1.Clc1ccc([C@H](OC2CCNCC2)c2ccccn2)cc1.Clc1ccc([C@H](OC2CCNCC2)c2ccccn2)cc1. The van der Waals surface area contributed by atoms with Crippen LogP contribution in [-0.4, -0.2) is 141 Å². The van der Waals surface area contributed by atoms with Crippen molar-refractivity contribution in [1.29, 1.82) is 0 Å². The molecular weight excluding hydrogens is 1520 g/mol. The fraction of sp³-hybridized carbons (Fsp3) is 0.289. The predicted octanol–water partition coefficient (Wildman–Crippen LogP) is 16.5. The molecule has 3 saturated heterocycles. The van der Waals surface area contributed by atoms with Gasteiger partial charge in [-0.2, -0.15) is 0 Å². The van der Waals surface area contributed by atoms with Gasteiger partial charge in [0, 0.05) is 45.8 Å². The van der Waals surface area contributed by atoms with Crippen LogP contribution in [0.2, 0.25) is 15.1 Å². The number of thioether (sulfide) groups is 2. The Bertz CT molecular complexity index is 4080. The van der Waals surface area contributed by atoms with Crippen LogP contribution in [0.5, 0.6) is 11.5 Å². The van der Waals surface area contributed by atoms with Crippen LogP contribution in [0.25, 0.3) is 0 Å². The monoisotopic (exact) mass is 1600 g/mol. The number of aliphatic carboxylic acids is 2. The molecule has 111 heavy (non-hydrogen) atoms. The fourth-order valence-corrected chi connectivity index (χ4v) is 14.8. The van der Waals surface area contributed by atoms with Crippen molar-refractivity contribution >= 4 is 81.6 Å². The Hall–Kier alpha value is -9.42. The molecule has 6 heterocycles. The van der Waals surface area contributed by atoms with E-state index in [0.29, 0.717) is 22.6 Å². The Kier molecular flexibility index (Phi) is 34.8. The first-order chi connectivity index (χ1) is 53.8. The molecule has 3 aliphatic rings. The lowest BCUT2D eigenvalue weighted by molar-refractivity contribution is -0.387. The topological polar surface area (TPSA) is 322 Å². The zero-order chi connectivity index (χ0) is 78.9. The van der Waals surface area contributed by atoms with Gasteiger partial charge in [-0.05, 0) is 215 Å². The maximum absolute atomic E-state index is 11.2. The van der Waals surface area contributed by atoms with Gasteiger partial charge >= 0.3 is 11.9 Å². The molecule has 0 saturated carbocycles. The van der Waals surface area contributed by atoms with Gasteiger partial charge < -0.3 is 60.1 Å². The number of ether oxygens (including phenoxy) is 5. The van der Waals surface area contributed by atoms with Crippen molar-refractivity contribution in [3.63, 3.8) is 0 Å². The van der Waals surface area contributed by atoms with E-state index in [2.05, 4.69) is 30.9 Å². The average Bonchev–Trinajstić information content (AvgIpc) is 0.831. The Balaban J connectivity index is 0.000000160. The minimum Gasteiger partial charge on any atom is -0.497 e. The Morgan fingerprint density at radius 2 is 0.667 bits per heavy atom. The fourth-order valence-electron chi connectivity index (χ4n) is 12.0. The van der Waals surface area contributed by atoms with E-state index < -0.39 is 44.5 Å². The molecule has 3 aromatic heterocycles. The molecule has 0 spiro atoms. The Morgan fingerprint density at radius 3 is 0.910 bits per heavy atom. The number of rotatable bonds is 26. The summed E-state index contributed by atoms with van der Waals surface area (Å²) in [7, 11) is 3.00. The van der Waals surface area contributed by atoms with Crippen LogP contribution in [0.3, 0.4) is 0 Å². The third kappa shape index (κ3) is 26.9. The molecule has 0 radical (unpaired) electrons. The highest BCUT2D eigenvalue weighted by Crippen LogP contribution is 2.44. The lowest BCUT2D eigenvalue weighted by atomic mass is 10.0. The molecule has 0 amide bonds. The number of halogens is 3. The number of pyridine rings is 3. The van der Waals surface area contributed by atoms with Crippen molar-refractivity contribution in [1.82, 2.24) is 30.9 Å². The number of carboxylic acids is 2. The van der Waals surface area contributed by atoms with E-state index >= 15 is 0 Å². The van der Waals surface area contributed by atoms with Gasteiger partial charge in [0.25, 0.3) is 11.4 Å². The van der Waals surface area contributed by atoms with Crippen molar-refractivity contribution in [2.75, 3.05) is 53.5 Å². The smallest absolute Gasteiger partial charge is 0.334 e. The van der Waals surface area contributed by atoms with Crippen LogP contribution < -0.4 is 25.4 Å². The molecule has 3 aliphatic heterocycles. The first-order valence-electron chi connectivity index (χ1n) is 35.8. The van der Waals surface area contributed by atoms with E-state index in [4.69, 9.17) is 68.7 Å². The van der Waals surface area contributed by atoms with Gasteiger partial charge in [0.1, 0.15) is 29.8 Å². The van der Waals surface area contributed by atoms with Gasteiger partial charge in [-0.15, -0.1) is 23.5 Å². The summed E-state index contributed by atoms with van der Waals surface area (Å²) in [4.78, 5) is 57.6. The van der Waals surface area contributed by atoms with Gasteiger partial charge in [-0.25, -0.2) is 9.59 Å². The summed E-state index contributed by atoms with van der Waals surface area (Å²) in [6, 6.07) is 66.3. The van der Waals surface area contributed by atoms with E-state index in [1.54, 1.807) is 60.7 Å². The number of aliphatic hydroxyl groups excluding tert-OH is 2. The summed E-state index contributed by atoms with van der Waals surface area (Å²) in [6.45, 7) is 6.08. The Morgan fingerprint density at radius 1 is 0.405 bits per heavy atom. The molecule has 1 unspecified atom stereocenters. The first kappa shape index (κ1) is 85.6. The molecule has 28 heteroatoms. The second-order valence-corrected chi connectivity index (χ2v) is 29.1. The van der Waals surface area contributed by atoms with E-state index in [1.165, 1.54) is 50.6 Å². The molecule has 7 N–H and O–H groups in total. The molecular formula is C83H87Cl3N8O15S2. The van der Waals surface area contributed by atoms with Crippen molar-refractivity contribution in [2.45, 2.75) is 108 Å². The lowest BCUT2D eigenvalue weighted by Crippen LogP contribution is -2.33. The van der Waals surface area contributed by atoms with Crippen LogP contribution in [-0.2, 0) is 23.8 Å². The quantitative estimate of drug-likeness (QED) is 0.0150. The first-order valence-corrected chi connectivity index (χ1v) is 38.7. The average molecular weight is 1610 g/mol. The number of piperidine rings is 3. The van der Waals surface area contributed by atoms with Crippen molar-refractivity contribution in [2.24, 2.45) is 0 Å². The van der Waals surface area contributed by atoms with Gasteiger partial charge in [-0.1, -0.05) is 138 Å². The maximum Gasteiger partial charge on any atom is 0.334 e. The number of aromatic nitrogens is 3. The molecule has 7 aromatic carbocycles. The number of nitrogens with zero attached hydrogens (tertiary/aromatic N) is 5. The van der Waals surface area contributed by atoms with Crippen LogP contribution in [0, 0.1) is 20.2 Å². The molecule has 3 fully saturated rings. The minimum absolute atomic E-state index is 0.133. The molecule has 0 aliphatic carbocycles. The van der Waals surface area contributed by atoms with E-state index in [0.717, 1.165) is 150 Å². The summed E-state index contributed by atoms with van der Waals surface area (Å²) in [6.07, 6.45) is 8.64. The lowest BCUT2D eigenvalue weighted by Gasteiger charge is -2.28. The summed E-state index contributed by atoms with van der Waals surface area (Å²) >= 11 is 19.8. The predicted molar refractivity (Wildman–Crippen MR) is 430 cm³/mol. The minimum atomic E-state index is -1.72. The van der Waals surface area contributed by atoms with Gasteiger partial charge in [0.05, 0.1) is 79.8 Å². The second kappa shape index (κ2) is 45.2. The largest absolute Gasteiger partial charge is 0.497 e. The van der Waals surface area contributed by atoms with Crippen LogP contribution in [0.4, 0.5) is 11.4 Å². The third-order valence-electron chi connectivity index (χ3n) is 17.8. The molecule has 10 aromatic rings. The number of nitro groups is 2. The number of carbonyl (C=O) groups is 2. The number of aliphatic hydroxyl groups is 2. The van der Waals surface area contributed by atoms with Crippen LogP contribution in [0.1, 0.15) is 112 Å². The standard InChI is InChI=1S/3C17H19ClN2O.2C16H15NO6S/c3*18-14-6-4-13(5-7-14)17(16-3-1-2-10-20-16)21-15-8-11-19-12-9-15;2*1-23-11-8-6-10(7-9-11)15(14(18)16(19)20)24-13-5-3-2-4-12(13)17(21)22/h3*1-7,10,15,17,19H,8-9,11-12H2;2*2-9,14-15,18H,1H3,(H,19,20)/t2*17-;;2*14-,15+/m00.00/s1. The molecule has 582 valence electrons. The van der Waals surface area contributed by atoms with Crippen LogP contribution in [0.15, 0.2) is 253 Å². The normalized spacial score (nSPS) is 15.6. The number of para-hydroxylation sites is 2. The van der Waals surface area contributed by atoms with E-state index in [-0.39, 0.29) is 57.8 Å². The number of hydrogen-bond acceptors (Lipinski definition) is 21. The number of methoxy groups -OCH3 is 2. The highest BCUT2D eigenvalue weighted by Gasteiger charge is 2.33. The molecule has 23 nitrogen and oxygen atoms in total. The number of carboxylic acid groups (broad SMARTS) is 2. The Labute approximate surface area is 667 Å².